The van der Waals surface area contributed by atoms with Gasteiger partial charge in [-0.1, -0.05) is 17.7 Å². The lowest BCUT2D eigenvalue weighted by Gasteiger charge is -2.14. The summed E-state index contributed by atoms with van der Waals surface area (Å²) in [5.74, 6) is -0.890. The van der Waals surface area contributed by atoms with E-state index in [9.17, 15) is 14.0 Å². The maximum atomic E-state index is 13.3. The molecule has 4 rings (SSSR count). The number of fused-ring (bicyclic) bond motifs is 1. The van der Waals surface area contributed by atoms with Gasteiger partial charge >= 0.3 is 0 Å². The van der Waals surface area contributed by atoms with Gasteiger partial charge in [0.1, 0.15) is 5.82 Å². The molecule has 0 radical (unpaired) electrons. The predicted molar refractivity (Wildman–Crippen MR) is 118 cm³/mol. The van der Waals surface area contributed by atoms with Gasteiger partial charge in [0.2, 0.25) is 5.91 Å². The highest BCUT2D eigenvalue weighted by atomic mass is 32.2. The van der Waals surface area contributed by atoms with Crippen LogP contribution in [-0.2, 0) is 17.6 Å². The van der Waals surface area contributed by atoms with Gasteiger partial charge in [-0.25, -0.2) is 9.07 Å². The number of nitrogens with zero attached hydrogens (tertiary/aromatic N) is 2. The van der Waals surface area contributed by atoms with E-state index in [2.05, 4.69) is 16.0 Å². The van der Waals surface area contributed by atoms with Crippen LogP contribution in [0.5, 0.6) is 0 Å². The molecule has 2 N–H and O–H groups in total. The van der Waals surface area contributed by atoms with Crippen LogP contribution in [0.1, 0.15) is 40.2 Å². The second-order valence-corrected chi connectivity index (χ2v) is 8.52. The van der Waals surface area contributed by atoms with Crippen LogP contribution in [0.25, 0.3) is 5.69 Å². The number of amides is 2. The fourth-order valence-corrected chi connectivity index (χ4v) is 4.28. The van der Waals surface area contributed by atoms with Crippen LogP contribution in [0.4, 0.5) is 4.39 Å². The fourth-order valence-electron chi connectivity index (χ4n) is 3.58. The number of thioether (sulfide) groups is 1. The quantitative estimate of drug-likeness (QED) is 0.470. The number of carbonyl (C=O) groups excluding carboxylic acids is 2. The monoisotopic (exact) mass is 438 g/mol. The van der Waals surface area contributed by atoms with Gasteiger partial charge < -0.3 is 0 Å². The van der Waals surface area contributed by atoms with Gasteiger partial charge in [-0.05, 0) is 69.0 Å². The number of hydrogen-bond acceptors (Lipinski definition) is 4. The lowest BCUT2D eigenvalue weighted by atomic mass is 9.95. The Bertz CT molecular complexity index is 1090. The van der Waals surface area contributed by atoms with Gasteiger partial charge in [-0.3, -0.25) is 20.4 Å². The Morgan fingerprint density at radius 3 is 2.48 bits per heavy atom. The Morgan fingerprint density at radius 1 is 1.03 bits per heavy atom. The third kappa shape index (κ3) is 4.96. The van der Waals surface area contributed by atoms with Gasteiger partial charge in [0.05, 0.1) is 11.4 Å². The maximum Gasteiger partial charge on any atom is 0.290 e. The highest BCUT2D eigenvalue weighted by Crippen LogP contribution is 2.27. The fraction of sp³-hybridized carbons (Fsp3) is 0.261. The molecule has 0 saturated carbocycles. The molecule has 0 atom stereocenters. The summed E-state index contributed by atoms with van der Waals surface area (Å²) < 4.78 is 15.0. The Hall–Kier alpha value is -3.13. The number of aryl methyl sites for hydroxylation is 1. The first kappa shape index (κ1) is 21.1. The average Bonchev–Trinajstić information content (AvgIpc) is 3.17. The molecule has 0 unspecified atom stereocenters. The topological polar surface area (TPSA) is 76.0 Å². The summed E-state index contributed by atoms with van der Waals surface area (Å²) in [5, 5.41) is 4.50. The van der Waals surface area contributed by atoms with E-state index in [1.807, 2.05) is 31.2 Å². The number of nitrogens with one attached hydrogen (secondary N) is 2. The summed E-state index contributed by atoms with van der Waals surface area (Å²) in [6, 6.07) is 13.9. The van der Waals surface area contributed by atoms with Crippen molar-refractivity contribution in [3.05, 3.63) is 76.9 Å². The van der Waals surface area contributed by atoms with Gasteiger partial charge in [-0.2, -0.15) is 5.10 Å². The number of benzene rings is 2. The lowest BCUT2D eigenvalue weighted by Crippen LogP contribution is -2.43. The molecule has 1 aromatic heterocycles. The first-order valence-corrected chi connectivity index (χ1v) is 11.1. The zero-order valence-corrected chi connectivity index (χ0v) is 18.0. The Morgan fingerprint density at radius 2 is 1.74 bits per heavy atom. The molecule has 1 heterocycles. The van der Waals surface area contributed by atoms with E-state index in [0.717, 1.165) is 47.4 Å². The molecule has 160 valence electrons. The molecule has 2 aromatic carbocycles. The summed E-state index contributed by atoms with van der Waals surface area (Å²) in [4.78, 5) is 25.9. The van der Waals surface area contributed by atoms with E-state index in [1.165, 1.54) is 23.9 Å². The molecule has 3 aromatic rings. The van der Waals surface area contributed by atoms with Crippen molar-refractivity contribution in [1.29, 1.82) is 0 Å². The number of halogens is 1. The molecule has 1 aliphatic carbocycles. The zero-order chi connectivity index (χ0) is 21.8. The first-order chi connectivity index (χ1) is 15.0. The number of hydrazine groups is 1. The summed E-state index contributed by atoms with van der Waals surface area (Å²) in [7, 11) is 0. The molecule has 0 fully saturated rings. The van der Waals surface area contributed by atoms with Crippen molar-refractivity contribution in [2.75, 3.05) is 5.75 Å². The number of aromatic nitrogens is 2. The van der Waals surface area contributed by atoms with E-state index >= 15 is 0 Å². The molecule has 8 heteroatoms. The predicted octanol–water partition coefficient (Wildman–Crippen LogP) is 3.75. The van der Waals surface area contributed by atoms with Crippen molar-refractivity contribution in [2.24, 2.45) is 0 Å². The molecular formula is C23H23FN4O2S. The molecule has 0 aliphatic heterocycles. The third-order valence-corrected chi connectivity index (χ3v) is 6.18. The number of hydrogen-bond donors (Lipinski definition) is 2. The summed E-state index contributed by atoms with van der Waals surface area (Å²) in [6.07, 6.45) is 3.53. The number of carbonyl (C=O) groups is 2. The van der Waals surface area contributed by atoms with E-state index in [0.29, 0.717) is 11.4 Å². The highest BCUT2D eigenvalue weighted by molar-refractivity contribution is 8.00. The Labute approximate surface area is 184 Å². The Balaban J connectivity index is 1.42. The minimum absolute atomic E-state index is 0.186. The molecule has 31 heavy (non-hydrogen) atoms. The minimum atomic E-state index is -0.451. The van der Waals surface area contributed by atoms with Gasteiger partial charge in [0.15, 0.2) is 5.69 Å². The van der Waals surface area contributed by atoms with Crippen molar-refractivity contribution in [3.8, 4) is 5.69 Å². The maximum absolute atomic E-state index is 13.3. The number of rotatable bonds is 5. The minimum Gasteiger partial charge on any atom is -0.272 e. The van der Waals surface area contributed by atoms with Crippen molar-refractivity contribution in [1.82, 2.24) is 20.6 Å². The van der Waals surface area contributed by atoms with E-state index in [-0.39, 0.29) is 17.5 Å². The highest BCUT2D eigenvalue weighted by Gasteiger charge is 2.25. The van der Waals surface area contributed by atoms with Crippen molar-refractivity contribution in [3.63, 3.8) is 0 Å². The zero-order valence-electron chi connectivity index (χ0n) is 17.2. The van der Waals surface area contributed by atoms with Crippen LogP contribution >= 0.6 is 11.8 Å². The van der Waals surface area contributed by atoms with Crippen molar-refractivity contribution < 1.29 is 14.0 Å². The molecule has 0 bridgehead atoms. The van der Waals surface area contributed by atoms with E-state index in [1.54, 1.807) is 16.8 Å². The van der Waals surface area contributed by atoms with Gasteiger partial charge in [-0.15, -0.1) is 11.8 Å². The van der Waals surface area contributed by atoms with Crippen LogP contribution in [0, 0.1) is 12.7 Å². The lowest BCUT2D eigenvalue weighted by molar-refractivity contribution is -0.119. The molecule has 6 nitrogen and oxygen atoms in total. The first-order valence-electron chi connectivity index (χ1n) is 10.2. The molecule has 1 aliphatic rings. The third-order valence-electron chi connectivity index (χ3n) is 5.17. The second-order valence-electron chi connectivity index (χ2n) is 7.47. The van der Waals surface area contributed by atoms with Crippen LogP contribution in [0.3, 0.4) is 0 Å². The van der Waals surface area contributed by atoms with E-state index in [4.69, 9.17) is 0 Å². The largest absolute Gasteiger partial charge is 0.290 e. The summed E-state index contributed by atoms with van der Waals surface area (Å²) in [5.41, 5.74) is 8.96. The molecule has 0 spiro atoms. The van der Waals surface area contributed by atoms with Crippen LogP contribution < -0.4 is 10.9 Å². The molecule has 2 amide bonds. The standard InChI is InChI=1S/C23H23FN4O2S/c1-15-6-12-18(13-7-15)31-14-21(29)25-26-23(30)22-19-4-2-3-5-20(19)28(27-22)17-10-8-16(24)9-11-17/h6-13H,2-5,14H2,1H3,(H,25,29)(H,26,30). The molecule has 0 saturated heterocycles. The SMILES string of the molecule is Cc1ccc(SCC(=O)NNC(=O)c2nn(-c3ccc(F)cc3)c3c2CCCC3)cc1. The summed E-state index contributed by atoms with van der Waals surface area (Å²) >= 11 is 1.40. The molecular weight excluding hydrogens is 415 g/mol. The van der Waals surface area contributed by atoms with E-state index < -0.39 is 5.91 Å². The smallest absolute Gasteiger partial charge is 0.272 e. The Kier molecular flexibility index (Phi) is 6.36. The van der Waals surface area contributed by atoms with Crippen LogP contribution in [0.15, 0.2) is 53.4 Å². The average molecular weight is 439 g/mol. The van der Waals surface area contributed by atoms with Gasteiger partial charge in [0.25, 0.3) is 5.91 Å². The van der Waals surface area contributed by atoms with Crippen molar-refractivity contribution in [2.45, 2.75) is 37.5 Å². The van der Waals surface area contributed by atoms with Crippen LogP contribution in [-0.4, -0.2) is 27.3 Å². The van der Waals surface area contributed by atoms with Crippen LogP contribution in [0.2, 0.25) is 0 Å². The second kappa shape index (κ2) is 9.34. The van der Waals surface area contributed by atoms with Gasteiger partial charge in [0, 0.05) is 16.2 Å². The summed E-state index contributed by atoms with van der Waals surface area (Å²) in [6.45, 7) is 2.01. The normalized spacial score (nSPS) is 12.8. The van der Waals surface area contributed by atoms with Crippen molar-refractivity contribution >= 4 is 23.6 Å².